The zero-order valence-corrected chi connectivity index (χ0v) is 16.5. The number of nitrogens with one attached hydrogen (secondary N) is 2. The van der Waals surface area contributed by atoms with Gasteiger partial charge in [-0.25, -0.2) is 22.6 Å². The number of aliphatic imine (C=N–C) groups is 1. The summed E-state index contributed by atoms with van der Waals surface area (Å²) in [7, 11) is -2.31. The highest BCUT2D eigenvalue weighted by atomic mass is 32.2. The Morgan fingerprint density at radius 3 is 2.86 bits per heavy atom. The molecule has 0 unspecified atom stereocenters. The number of anilines is 1. The van der Waals surface area contributed by atoms with E-state index in [9.17, 15) is 17.6 Å². The molecule has 1 heterocycles. The number of amidine groups is 1. The van der Waals surface area contributed by atoms with Crippen molar-refractivity contribution < 1.29 is 22.2 Å². The first-order chi connectivity index (χ1) is 13.3. The van der Waals surface area contributed by atoms with Crippen LogP contribution in [0.25, 0.3) is 0 Å². The van der Waals surface area contributed by atoms with Crippen LogP contribution >= 0.6 is 11.8 Å². The molecule has 0 spiro atoms. The minimum atomic E-state index is -3.86. The zero-order chi connectivity index (χ0) is 20.6. The molecule has 1 amide bonds. The molecule has 0 aliphatic rings. The molecule has 4 N–H and O–H groups in total. The van der Waals surface area contributed by atoms with Crippen molar-refractivity contribution in [3.8, 4) is 0 Å². The highest BCUT2D eigenvalue weighted by Crippen LogP contribution is 2.20. The number of aromatic nitrogens is 2. The number of hydrogen-bond acceptors (Lipinski definition) is 8. The lowest BCUT2D eigenvalue weighted by atomic mass is 10.2. The number of carbonyl (C=O) groups excluding carboxylic acids is 1. The number of hydrogen-bond donors (Lipinski definition) is 3. The maximum Gasteiger partial charge on any atom is 0.236 e. The minimum Gasteiger partial charge on any atom is -0.354 e. The van der Waals surface area contributed by atoms with Gasteiger partial charge in [-0.2, -0.15) is 0 Å². The summed E-state index contributed by atoms with van der Waals surface area (Å²) >= 11 is 1.23. The number of rotatable bonds is 9. The number of nitrogens with zero attached hydrogens (tertiary/aromatic N) is 3. The van der Waals surface area contributed by atoms with Crippen molar-refractivity contribution in [3.05, 3.63) is 35.5 Å². The molecular formula is C15H19FN6O4S2. The van der Waals surface area contributed by atoms with Gasteiger partial charge in [0.1, 0.15) is 12.4 Å². The number of sulfonamides is 1. The van der Waals surface area contributed by atoms with Crippen molar-refractivity contribution in [1.29, 1.82) is 0 Å². The molecule has 13 heteroatoms. The number of benzene rings is 1. The topological polar surface area (TPSA) is 153 Å². The second kappa shape index (κ2) is 10.1. The first-order valence-corrected chi connectivity index (χ1v) is 10.6. The van der Waals surface area contributed by atoms with Crippen LogP contribution in [-0.2, 0) is 21.5 Å². The fraction of sp³-hybridized carbons (Fsp3) is 0.333. The van der Waals surface area contributed by atoms with Crippen LogP contribution in [0.2, 0.25) is 0 Å². The summed E-state index contributed by atoms with van der Waals surface area (Å²) < 4.78 is 39.3. The molecule has 0 atom stereocenters. The SMILES string of the molecule is C/N=C(\Nc1cccc(CF)c1)c1nonc1SCCNC(=O)CS(N)(=O)=O. The molecule has 0 aliphatic heterocycles. The number of halogens is 1. The summed E-state index contributed by atoms with van der Waals surface area (Å²) in [4.78, 5) is 15.5. The Bertz CT molecular complexity index is 948. The average Bonchev–Trinajstić information content (AvgIpc) is 3.10. The van der Waals surface area contributed by atoms with Gasteiger partial charge >= 0.3 is 0 Å². The second-order valence-electron chi connectivity index (χ2n) is 5.45. The second-order valence-corrected chi connectivity index (χ2v) is 8.15. The number of alkyl halides is 1. The number of nitrogens with two attached hydrogens (primary N) is 1. The molecule has 1 aromatic heterocycles. The quantitative estimate of drug-likeness (QED) is 0.225. The van der Waals surface area contributed by atoms with Gasteiger partial charge in [0.2, 0.25) is 15.9 Å². The summed E-state index contributed by atoms with van der Waals surface area (Å²) in [6, 6.07) is 6.78. The Morgan fingerprint density at radius 2 is 2.18 bits per heavy atom. The molecule has 0 saturated carbocycles. The molecule has 1 aromatic carbocycles. The van der Waals surface area contributed by atoms with E-state index in [-0.39, 0.29) is 6.54 Å². The molecular weight excluding hydrogens is 411 g/mol. The van der Waals surface area contributed by atoms with E-state index < -0.39 is 28.4 Å². The van der Waals surface area contributed by atoms with Gasteiger partial charge in [-0.3, -0.25) is 9.79 Å². The third-order valence-electron chi connectivity index (χ3n) is 3.25. The van der Waals surface area contributed by atoms with E-state index in [1.165, 1.54) is 11.8 Å². The van der Waals surface area contributed by atoms with Gasteiger partial charge in [0, 0.05) is 25.0 Å². The molecule has 0 bridgehead atoms. The Labute approximate surface area is 165 Å². The summed E-state index contributed by atoms with van der Waals surface area (Å²) in [5.74, 6) is -0.709. The van der Waals surface area contributed by atoms with Crippen molar-refractivity contribution in [2.45, 2.75) is 11.7 Å². The van der Waals surface area contributed by atoms with E-state index in [0.717, 1.165) is 0 Å². The summed E-state index contributed by atoms with van der Waals surface area (Å²) in [6.45, 7) is -0.395. The van der Waals surface area contributed by atoms with Crippen molar-refractivity contribution in [2.24, 2.45) is 10.1 Å². The summed E-state index contributed by atoms with van der Waals surface area (Å²) in [5, 5.41) is 18.3. The van der Waals surface area contributed by atoms with Crippen molar-refractivity contribution >= 4 is 39.2 Å². The number of thioether (sulfide) groups is 1. The lowest BCUT2D eigenvalue weighted by Gasteiger charge is -2.09. The molecule has 0 fully saturated rings. The van der Waals surface area contributed by atoms with Gasteiger partial charge in [0.25, 0.3) is 0 Å². The van der Waals surface area contributed by atoms with E-state index in [4.69, 9.17) is 9.77 Å². The normalized spacial score (nSPS) is 12.0. The molecule has 10 nitrogen and oxygen atoms in total. The first kappa shape index (κ1) is 21.8. The maximum atomic E-state index is 12.8. The van der Waals surface area contributed by atoms with Gasteiger partial charge in [0.05, 0.1) is 0 Å². The lowest BCUT2D eigenvalue weighted by molar-refractivity contribution is -0.118. The molecule has 28 heavy (non-hydrogen) atoms. The largest absolute Gasteiger partial charge is 0.354 e. The highest BCUT2D eigenvalue weighted by molar-refractivity contribution is 7.99. The molecule has 0 aliphatic carbocycles. The Balaban J connectivity index is 1.95. The number of primary sulfonamides is 1. The average molecular weight is 430 g/mol. The van der Waals surface area contributed by atoms with Gasteiger partial charge in [-0.15, -0.1) is 0 Å². The zero-order valence-electron chi connectivity index (χ0n) is 14.9. The predicted molar refractivity (Wildman–Crippen MR) is 103 cm³/mol. The molecule has 2 aromatic rings. The van der Waals surface area contributed by atoms with Gasteiger partial charge in [0.15, 0.2) is 16.6 Å². The fourth-order valence-electron chi connectivity index (χ4n) is 2.08. The van der Waals surface area contributed by atoms with E-state index in [1.807, 2.05) is 0 Å². The van der Waals surface area contributed by atoms with Crippen LogP contribution in [0.4, 0.5) is 10.1 Å². The van der Waals surface area contributed by atoms with Crippen molar-refractivity contribution in [1.82, 2.24) is 15.6 Å². The Hall–Kier alpha value is -2.51. The molecule has 2 rings (SSSR count). The van der Waals surface area contributed by atoms with Crippen LogP contribution in [0.3, 0.4) is 0 Å². The third-order valence-corrected chi connectivity index (χ3v) is 4.86. The van der Waals surface area contributed by atoms with Crippen LogP contribution in [-0.4, -0.2) is 55.6 Å². The molecule has 152 valence electrons. The Morgan fingerprint density at radius 1 is 1.39 bits per heavy atom. The van der Waals surface area contributed by atoms with Crippen molar-refractivity contribution in [2.75, 3.05) is 30.4 Å². The van der Waals surface area contributed by atoms with E-state index in [2.05, 4.69) is 25.9 Å². The van der Waals surface area contributed by atoms with E-state index >= 15 is 0 Å². The van der Waals surface area contributed by atoms with Crippen molar-refractivity contribution in [3.63, 3.8) is 0 Å². The lowest BCUT2D eigenvalue weighted by Crippen LogP contribution is -2.34. The molecule has 0 radical (unpaired) electrons. The van der Waals surface area contributed by atoms with E-state index in [0.29, 0.717) is 33.6 Å². The highest BCUT2D eigenvalue weighted by Gasteiger charge is 2.17. The number of carbonyl (C=O) groups is 1. The van der Waals surface area contributed by atoms with Gasteiger partial charge < -0.3 is 10.6 Å². The standard InChI is InChI=1S/C15H19FN6O4S2/c1-18-14(20-11-4-2-3-10(7-11)8-16)13-15(22-26-21-13)27-6-5-19-12(23)9-28(17,24)25/h2-4,7H,5-6,8-9H2,1H3,(H,18,20)(H,19,23)(H2,17,24,25). The summed E-state index contributed by atoms with van der Waals surface area (Å²) in [5.41, 5.74) is 1.50. The Kier molecular flexibility index (Phi) is 7.90. The van der Waals surface area contributed by atoms with Crippen LogP contribution in [0, 0.1) is 0 Å². The van der Waals surface area contributed by atoms with Gasteiger partial charge in [-0.1, -0.05) is 23.9 Å². The first-order valence-electron chi connectivity index (χ1n) is 7.94. The van der Waals surface area contributed by atoms with E-state index in [1.54, 1.807) is 31.3 Å². The van der Waals surface area contributed by atoms with Crippen LogP contribution in [0.1, 0.15) is 11.3 Å². The van der Waals surface area contributed by atoms with Gasteiger partial charge in [-0.05, 0) is 28.0 Å². The monoisotopic (exact) mass is 430 g/mol. The summed E-state index contributed by atoms with van der Waals surface area (Å²) in [6.07, 6.45) is 0. The molecule has 0 saturated heterocycles. The minimum absolute atomic E-state index is 0.190. The third kappa shape index (κ3) is 6.90. The number of amides is 1. The fourth-order valence-corrected chi connectivity index (χ4v) is 3.30. The van der Waals surface area contributed by atoms with Crippen LogP contribution < -0.4 is 15.8 Å². The smallest absolute Gasteiger partial charge is 0.236 e. The van der Waals surface area contributed by atoms with Crippen LogP contribution in [0.5, 0.6) is 0 Å². The predicted octanol–water partition coefficient (Wildman–Crippen LogP) is 0.524. The maximum absolute atomic E-state index is 12.8. The van der Waals surface area contributed by atoms with Crippen LogP contribution in [0.15, 0.2) is 38.9 Å².